The van der Waals surface area contributed by atoms with Gasteiger partial charge in [0.2, 0.25) is 5.91 Å². The van der Waals surface area contributed by atoms with Crippen LogP contribution in [0.5, 0.6) is 5.75 Å². The molecule has 0 bridgehead atoms. The molecule has 2 amide bonds. The van der Waals surface area contributed by atoms with E-state index in [0.717, 1.165) is 25.7 Å². The molecule has 1 aliphatic carbocycles. The van der Waals surface area contributed by atoms with Gasteiger partial charge in [0.15, 0.2) is 0 Å². The molecule has 0 saturated heterocycles. The summed E-state index contributed by atoms with van der Waals surface area (Å²) in [4.78, 5) is 24.0. The van der Waals surface area contributed by atoms with Crippen LogP contribution < -0.4 is 21.1 Å². The molecule has 1 aromatic carbocycles. The molecule has 0 aromatic heterocycles. The molecule has 2 atom stereocenters. The fourth-order valence-electron chi connectivity index (χ4n) is 2.82. The summed E-state index contributed by atoms with van der Waals surface area (Å²) >= 11 is 0. The lowest BCUT2D eigenvalue weighted by Gasteiger charge is -2.25. The molecule has 1 fully saturated rings. The van der Waals surface area contributed by atoms with Gasteiger partial charge < -0.3 is 21.1 Å². The summed E-state index contributed by atoms with van der Waals surface area (Å²) in [5, 5.41) is 5.65. The highest BCUT2D eigenvalue weighted by Crippen LogP contribution is 2.22. The van der Waals surface area contributed by atoms with Gasteiger partial charge in [-0.15, -0.1) is 0 Å². The van der Waals surface area contributed by atoms with Crippen molar-refractivity contribution in [3.8, 4) is 5.75 Å². The normalized spacial score (nSPS) is 20.6. The minimum absolute atomic E-state index is 0.0102. The third-order valence-corrected chi connectivity index (χ3v) is 4.15. The van der Waals surface area contributed by atoms with Crippen LogP contribution in [0.25, 0.3) is 0 Å². The van der Waals surface area contributed by atoms with Gasteiger partial charge in [-0.1, -0.05) is 6.42 Å². The molecule has 0 spiro atoms. The Hall–Kier alpha value is -2.08. The van der Waals surface area contributed by atoms with Crippen molar-refractivity contribution >= 4 is 11.8 Å². The average molecular weight is 319 g/mol. The highest BCUT2D eigenvalue weighted by Gasteiger charge is 2.24. The average Bonchev–Trinajstić information content (AvgIpc) is 2.58. The van der Waals surface area contributed by atoms with E-state index in [9.17, 15) is 9.59 Å². The predicted molar refractivity (Wildman–Crippen MR) is 88.3 cm³/mol. The summed E-state index contributed by atoms with van der Waals surface area (Å²) < 4.78 is 5.05. The number of hydrogen-bond donors (Lipinski definition) is 3. The first-order chi connectivity index (χ1) is 11.1. The van der Waals surface area contributed by atoms with Crippen LogP contribution in [0.4, 0.5) is 0 Å². The van der Waals surface area contributed by atoms with Gasteiger partial charge in [-0.2, -0.15) is 0 Å². The van der Waals surface area contributed by atoms with Gasteiger partial charge in [-0.25, -0.2) is 0 Å². The van der Waals surface area contributed by atoms with Crippen molar-refractivity contribution in [3.05, 3.63) is 29.8 Å². The van der Waals surface area contributed by atoms with Gasteiger partial charge in [0, 0.05) is 30.6 Å². The third kappa shape index (κ3) is 5.25. The van der Waals surface area contributed by atoms with Gasteiger partial charge in [0.05, 0.1) is 7.11 Å². The Bertz CT molecular complexity index is 530. The monoisotopic (exact) mass is 319 g/mol. The fourth-order valence-corrected chi connectivity index (χ4v) is 2.82. The van der Waals surface area contributed by atoms with Crippen LogP contribution in [-0.4, -0.2) is 38.1 Å². The maximum absolute atomic E-state index is 12.0. The molecule has 126 valence electrons. The fraction of sp³-hybridized carbons (Fsp3) is 0.529. The van der Waals surface area contributed by atoms with Crippen LogP contribution in [0.3, 0.4) is 0 Å². The second-order valence-electron chi connectivity index (χ2n) is 5.90. The van der Waals surface area contributed by atoms with Gasteiger partial charge in [0.25, 0.3) is 5.91 Å². The van der Waals surface area contributed by atoms with Crippen molar-refractivity contribution in [1.29, 1.82) is 0 Å². The molecule has 2 unspecified atom stereocenters. The van der Waals surface area contributed by atoms with E-state index >= 15 is 0 Å². The largest absolute Gasteiger partial charge is 0.497 e. The zero-order valence-corrected chi connectivity index (χ0v) is 13.5. The van der Waals surface area contributed by atoms with Crippen molar-refractivity contribution in [2.45, 2.75) is 31.7 Å². The van der Waals surface area contributed by atoms with Gasteiger partial charge >= 0.3 is 0 Å². The Morgan fingerprint density at radius 2 is 1.87 bits per heavy atom. The van der Waals surface area contributed by atoms with Crippen LogP contribution in [0.15, 0.2) is 24.3 Å². The smallest absolute Gasteiger partial charge is 0.251 e. The minimum atomic E-state index is -0.165. The number of nitrogens with two attached hydrogens (primary N) is 1. The number of benzene rings is 1. The topological polar surface area (TPSA) is 93.5 Å². The predicted octanol–water partition coefficient (Wildman–Crippen LogP) is 1.06. The summed E-state index contributed by atoms with van der Waals surface area (Å²) in [6.07, 6.45) is 3.66. The first-order valence-corrected chi connectivity index (χ1v) is 8.05. The highest BCUT2D eigenvalue weighted by atomic mass is 16.5. The number of ether oxygens (including phenoxy) is 1. The van der Waals surface area contributed by atoms with E-state index in [4.69, 9.17) is 10.5 Å². The van der Waals surface area contributed by atoms with Crippen LogP contribution in [0, 0.1) is 5.92 Å². The van der Waals surface area contributed by atoms with Crippen molar-refractivity contribution in [2.75, 3.05) is 20.2 Å². The van der Waals surface area contributed by atoms with Crippen molar-refractivity contribution < 1.29 is 14.3 Å². The maximum atomic E-state index is 12.0. The van der Waals surface area contributed by atoms with Crippen LogP contribution in [-0.2, 0) is 4.79 Å². The molecule has 23 heavy (non-hydrogen) atoms. The van der Waals surface area contributed by atoms with E-state index < -0.39 is 0 Å². The lowest BCUT2D eigenvalue weighted by Crippen LogP contribution is -2.40. The van der Waals surface area contributed by atoms with E-state index in [2.05, 4.69) is 10.6 Å². The zero-order chi connectivity index (χ0) is 16.7. The van der Waals surface area contributed by atoms with E-state index in [0.29, 0.717) is 24.4 Å². The first kappa shape index (κ1) is 17.3. The summed E-state index contributed by atoms with van der Waals surface area (Å²) in [6, 6.07) is 7.02. The van der Waals surface area contributed by atoms with E-state index in [-0.39, 0.29) is 23.8 Å². The number of carbonyl (C=O) groups excluding carboxylic acids is 2. The lowest BCUT2D eigenvalue weighted by molar-refractivity contribution is -0.126. The van der Waals surface area contributed by atoms with E-state index in [1.807, 2.05) is 0 Å². The van der Waals surface area contributed by atoms with Crippen LogP contribution in [0.2, 0.25) is 0 Å². The minimum Gasteiger partial charge on any atom is -0.497 e. The Morgan fingerprint density at radius 3 is 2.52 bits per heavy atom. The second kappa shape index (κ2) is 8.53. The lowest BCUT2D eigenvalue weighted by atomic mass is 9.85. The zero-order valence-electron chi connectivity index (χ0n) is 13.5. The molecule has 1 aliphatic rings. The molecule has 0 aliphatic heterocycles. The van der Waals surface area contributed by atoms with Crippen molar-refractivity contribution in [1.82, 2.24) is 10.6 Å². The number of amides is 2. The number of carbonyl (C=O) groups is 2. The quantitative estimate of drug-likeness (QED) is 0.684. The summed E-state index contributed by atoms with van der Waals surface area (Å²) in [5.41, 5.74) is 6.46. The first-order valence-electron chi connectivity index (χ1n) is 8.05. The number of nitrogens with one attached hydrogen (secondary N) is 2. The standard InChI is InChI=1S/C17H25N3O3/c1-23-15-7-5-12(6-8-15)16(21)19-9-10-20-17(22)13-3-2-4-14(18)11-13/h5-8,13-14H,2-4,9-11,18H2,1H3,(H,19,21)(H,20,22). The van der Waals surface area contributed by atoms with Crippen LogP contribution in [0.1, 0.15) is 36.0 Å². The Kier molecular flexibility index (Phi) is 6.40. The Labute approximate surface area is 136 Å². The van der Waals surface area contributed by atoms with Crippen molar-refractivity contribution in [3.63, 3.8) is 0 Å². The summed E-state index contributed by atoms with van der Waals surface area (Å²) in [6.45, 7) is 0.821. The maximum Gasteiger partial charge on any atom is 0.251 e. The number of rotatable bonds is 6. The molecular formula is C17H25N3O3. The van der Waals surface area contributed by atoms with Crippen LogP contribution >= 0.6 is 0 Å². The molecule has 2 rings (SSSR count). The Morgan fingerprint density at radius 1 is 1.17 bits per heavy atom. The Balaban J connectivity index is 1.68. The van der Waals surface area contributed by atoms with E-state index in [1.165, 1.54) is 0 Å². The summed E-state index contributed by atoms with van der Waals surface area (Å²) in [7, 11) is 1.58. The molecule has 1 saturated carbocycles. The highest BCUT2D eigenvalue weighted by molar-refractivity contribution is 5.94. The summed E-state index contributed by atoms with van der Waals surface area (Å²) in [5.74, 6) is 0.594. The molecule has 0 radical (unpaired) electrons. The van der Waals surface area contributed by atoms with Gasteiger partial charge in [0.1, 0.15) is 5.75 Å². The molecule has 1 aromatic rings. The van der Waals surface area contributed by atoms with Gasteiger partial charge in [-0.05, 0) is 43.5 Å². The molecule has 0 heterocycles. The molecular weight excluding hydrogens is 294 g/mol. The molecule has 6 heteroatoms. The number of methoxy groups -OCH3 is 1. The third-order valence-electron chi connectivity index (χ3n) is 4.15. The SMILES string of the molecule is COc1ccc(C(=O)NCCNC(=O)C2CCCC(N)C2)cc1. The second-order valence-corrected chi connectivity index (χ2v) is 5.90. The van der Waals surface area contributed by atoms with E-state index in [1.54, 1.807) is 31.4 Å². The number of hydrogen-bond acceptors (Lipinski definition) is 4. The molecule has 6 nitrogen and oxygen atoms in total. The molecule has 4 N–H and O–H groups in total. The van der Waals surface area contributed by atoms with Gasteiger partial charge in [-0.3, -0.25) is 9.59 Å². The van der Waals surface area contributed by atoms with Crippen molar-refractivity contribution in [2.24, 2.45) is 11.7 Å².